The quantitative estimate of drug-likeness (QED) is 0.611. The number of amides is 1. The number of esters is 1. The van der Waals surface area contributed by atoms with Gasteiger partial charge in [0.2, 0.25) is 0 Å². The summed E-state index contributed by atoms with van der Waals surface area (Å²) in [6.45, 7) is 1.17. The van der Waals surface area contributed by atoms with E-state index in [1.54, 1.807) is 4.57 Å². The van der Waals surface area contributed by atoms with Crippen molar-refractivity contribution in [1.82, 2.24) is 4.57 Å². The van der Waals surface area contributed by atoms with Crippen LogP contribution in [0.3, 0.4) is 0 Å². The summed E-state index contributed by atoms with van der Waals surface area (Å²) in [5.41, 5.74) is 0.905. The third-order valence-electron chi connectivity index (χ3n) is 4.38. The van der Waals surface area contributed by atoms with Gasteiger partial charge in [-0.2, -0.15) is 4.99 Å². The lowest BCUT2D eigenvalue weighted by molar-refractivity contribution is -0.140. The number of nitrogens with zero attached hydrogens (tertiary/aromatic N) is 2. The van der Waals surface area contributed by atoms with Crippen molar-refractivity contribution >= 4 is 33.4 Å². The molecule has 7 nitrogen and oxygen atoms in total. The van der Waals surface area contributed by atoms with Crippen LogP contribution in [0.4, 0.5) is 4.39 Å². The molecular formula is C20H17FN2O5S. The van der Waals surface area contributed by atoms with Gasteiger partial charge in [-0.3, -0.25) is 9.59 Å². The molecule has 0 atom stereocenters. The van der Waals surface area contributed by atoms with Gasteiger partial charge in [0.25, 0.3) is 5.91 Å². The van der Waals surface area contributed by atoms with E-state index in [4.69, 9.17) is 14.2 Å². The average Bonchev–Trinajstić information content (AvgIpc) is 3.05. The first kappa shape index (κ1) is 19.1. The number of aromatic nitrogens is 1. The van der Waals surface area contributed by atoms with Crippen LogP contribution in [-0.2, 0) is 16.1 Å². The number of methoxy groups -OCH3 is 1. The van der Waals surface area contributed by atoms with Gasteiger partial charge < -0.3 is 18.8 Å². The van der Waals surface area contributed by atoms with Crippen LogP contribution in [0, 0.1) is 5.82 Å². The summed E-state index contributed by atoms with van der Waals surface area (Å²) in [6.07, 6.45) is 0.109. The standard InChI is InChI=1S/C20H17FN2O5S/c1-26-18(24)5-6-23-14-10-15-16(28-8-7-27-15)11-17(14)29-20(23)22-19(25)12-3-2-4-13(21)9-12/h2-4,9-11H,5-8H2,1H3. The molecule has 0 saturated heterocycles. The number of hydrogen-bond acceptors (Lipinski definition) is 6. The predicted octanol–water partition coefficient (Wildman–Crippen LogP) is 2.92. The summed E-state index contributed by atoms with van der Waals surface area (Å²) in [5, 5.41) is 0. The number of aryl methyl sites for hydroxylation is 1. The minimum Gasteiger partial charge on any atom is -0.486 e. The van der Waals surface area contributed by atoms with E-state index >= 15 is 0 Å². The molecule has 0 unspecified atom stereocenters. The van der Waals surface area contributed by atoms with Crippen molar-refractivity contribution in [3.05, 3.63) is 52.6 Å². The molecule has 3 aromatic rings. The summed E-state index contributed by atoms with van der Waals surface area (Å²) >= 11 is 1.28. The molecule has 9 heteroatoms. The molecular weight excluding hydrogens is 399 g/mol. The molecule has 0 saturated carbocycles. The van der Waals surface area contributed by atoms with Crippen molar-refractivity contribution in [2.75, 3.05) is 20.3 Å². The minimum absolute atomic E-state index is 0.109. The Morgan fingerprint density at radius 2 is 1.97 bits per heavy atom. The van der Waals surface area contributed by atoms with Crippen LogP contribution >= 0.6 is 11.3 Å². The Morgan fingerprint density at radius 1 is 1.21 bits per heavy atom. The Kier molecular flexibility index (Phi) is 5.30. The van der Waals surface area contributed by atoms with Crippen LogP contribution < -0.4 is 14.3 Å². The molecule has 1 aliphatic rings. The van der Waals surface area contributed by atoms with E-state index in [-0.39, 0.29) is 24.5 Å². The second kappa shape index (κ2) is 8.04. The maximum absolute atomic E-state index is 13.5. The molecule has 2 heterocycles. The smallest absolute Gasteiger partial charge is 0.307 e. The molecule has 150 valence electrons. The van der Waals surface area contributed by atoms with Crippen LogP contribution in [0.5, 0.6) is 11.5 Å². The van der Waals surface area contributed by atoms with Gasteiger partial charge in [-0.15, -0.1) is 0 Å². The number of ether oxygens (including phenoxy) is 3. The van der Waals surface area contributed by atoms with Crippen molar-refractivity contribution in [3.63, 3.8) is 0 Å². The van der Waals surface area contributed by atoms with E-state index in [1.807, 2.05) is 12.1 Å². The monoisotopic (exact) mass is 416 g/mol. The number of carbonyl (C=O) groups is 2. The topological polar surface area (TPSA) is 79.1 Å². The minimum atomic E-state index is -0.569. The Balaban J connectivity index is 1.82. The SMILES string of the molecule is COC(=O)CCn1c(=NC(=O)c2cccc(F)c2)sc2cc3c(cc21)OCCO3. The zero-order valence-electron chi connectivity index (χ0n) is 15.5. The van der Waals surface area contributed by atoms with Crippen LogP contribution in [0.25, 0.3) is 10.2 Å². The van der Waals surface area contributed by atoms with E-state index in [1.165, 1.54) is 36.6 Å². The van der Waals surface area contributed by atoms with Crippen molar-refractivity contribution in [3.8, 4) is 11.5 Å². The van der Waals surface area contributed by atoms with Crippen molar-refractivity contribution in [2.45, 2.75) is 13.0 Å². The number of rotatable bonds is 4. The van der Waals surface area contributed by atoms with E-state index in [0.29, 0.717) is 29.5 Å². The third-order valence-corrected chi connectivity index (χ3v) is 5.42. The van der Waals surface area contributed by atoms with E-state index in [9.17, 15) is 14.0 Å². The summed E-state index contributed by atoms with van der Waals surface area (Å²) in [4.78, 5) is 28.8. The van der Waals surface area contributed by atoms with Gasteiger partial charge in [0.05, 0.1) is 23.7 Å². The molecule has 1 amide bonds. The lowest BCUT2D eigenvalue weighted by atomic mass is 10.2. The van der Waals surface area contributed by atoms with Gasteiger partial charge >= 0.3 is 5.97 Å². The number of carbonyl (C=O) groups excluding carboxylic acids is 2. The zero-order chi connectivity index (χ0) is 20.4. The molecule has 29 heavy (non-hydrogen) atoms. The first-order chi connectivity index (χ1) is 14.0. The lowest BCUT2D eigenvalue weighted by Gasteiger charge is -2.18. The molecule has 1 aliphatic heterocycles. The fraction of sp³-hybridized carbons (Fsp3) is 0.250. The van der Waals surface area contributed by atoms with Gasteiger partial charge in [0.1, 0.15) is 19.0 Å². The number of halogens is 1. The maximum atomic E-state index is 13.5. The molecule has 0 spiro atoms. The van der Waals surface area contributed by atoms with Gasteiger partial charge in [-0.1, -0.05) is 17.4 Å². The second-order valence-corrected chi connectivity index (χ2v) is 7.26. The molecule has 1 aromatic heterocycles. The van der Waals surface area contributed by atoms with Crippen LogP contribution in [-0.4, -0.2) is 36.8 Å². The highest BCUT2D eigenvalue weighted by Gasteiger charge is 2.17. The number of benzene rings is 2. The molecule has 0 bridgehead atoms. The Hall–Kier alpha value is -3.20. The highest BCUT2D eigenvalue weighted by molar-refractivity contribution is 7.16. The first-order valence-electron chi connectivity index (χ1n) is 8.89. The average molecular weight is 416 g/mol. The predicted molar refractivity (Wildman–Crippen MR) is 104 cm³/mol. The van der Waals surface area contributed by atoms with Crippen molar-refractivity contribution in [2.24, 2.45) is 4.99 Å². The summed E-state index contributed by atoms with van der Waals surface area (Å²) < 4.78 is 32.0. The van der Waals surface area contributed by atoms with Crippen LogP contribution in [0.2, 0.25) is 0 Å². The van der Waals surface area contributed by atoms with E-state index < -0.39 is 11.7 Å². The number of fused-ring (bicyclic) bond motifs is 2. The number of hydrogen-bond donors (Lipinski definition) is 0. The first-order valence-corrected chi connectivity index (χ1v) is 9.71. The van der Waals surface area contributed by atoms with Gasteiger partial charge in [0, 0.05) is 24.2 Å². The molecule has 0 fully saturated rings. The third kappa shape index (κ3) is 4.00. The van der Waals surface area contributed by atoms with Crippen LogP contribution in [0.15, 0.2) is 41.4 Å². The second-order valence-electron chi connectivity index (χ2n) is 6.25. The summed E-state index contributed by atoms with van der Waals surface area (Å²) in [5.74, 6) is -0.246. The molecule has 4 rings (SSSR count). The fourth-order valence-electron chi connectivity index (χ4n) is 2.99. The Bertz CT molecular complexity index is 1170. The maximum Gasteiger partial charge on any atom is 0.307 e. The highest BCUT2D eigenvalue weighted by atomic mass is 32.1. The summed E-state index contributed by atoms with van der Waals surface area (Å²) in [7, 11) is 1.32. The van der Waals surface area contributed by atoms with Gasteiger partial charge in [-0.05, 0) is 18.2 Å². The normalized spacial score (nSPS) is 13.5. The van der Waals surface area contributed by atoms with Crippen LogP contribution in [0.1, 0.15) is 16.8 Å². The molecule has 0 N–H and O–H groups in total. The zero-order valence-corrected chi connectivity index (χ0v) is 16.3. The van der Waals surface area contributed by atoms with E-state index in [0.717, 1.165) is 16.3 Å². The highest BCUT2D eigenvalue weighted by Crippen LogP contribution is 2.35. The number of thiazole rings is 1. The summed E-state index contributed by atoms with van der Waals surface area (Å²) in [6, 6.07) is 8.99. The Labute approximate surface area is 169 Å². The Morgan fingerprint density at radius 3 is 2.69 bits per heavy atom. The fourth-order valence-corrected chi connectivity index (χ4v) is 4.05. The van der Waals surface area contributed by atoms with Crippen molar-refractivity contribution in [1.29, 1.82) is 0 Å². The van der Waals surface area contributed by atoms with E-state index in [2.05, 4.69) is 4.99 Å². The molecule has 2 aromatic carbocycles. The lowest BCUT2D eigenvalue weighted by Crippen LogP contribution is -2.19. The van der Waals surface area contributed by atoms with Gasteiger partial charge in [-0.25, -0.2) is 4.39 Å². The van der Waals surface area contributed by atoms with Crippen molar-refractivity contribution < 1.29 is 28.2 Å². The molecule has 0 aliphatic carbocycles. The largest absolute Gasteiger partial charge is 0.486 e. The van der Waals surface area contributed by atoms with Gasteiger partial charge in [0.15, 0.2) is 16.3 Å². The molecule has 0 radical (unpaired) electrons.